The molecule has 0 aliphatic rings. The van der Waals surface area contributed by atoms with Crippen LogP contribution in [0.15, 0.2) is 11.8 Å². The highest BCUT2D eigenvalue weighted by molar-refractivity contribution is 5.69. The molecule has 0 aliphatic heterocycles. The van der Waals surface area contributed by atoms with Crippen molar-refractivity contribution in [2.75, 3.05) is 7.11 Å². The summed E-state index contributed by atoms with van der Waals surface area (Å²) in [4.78, 5) is 10.9. The molecular weight excluding hydrogens is 240 g/mol. The van der Waals surface area contributed by atoms with Gasteiger partial charge in [0.2, 0.25) is 0 Å². The summed E-state index contributed by atoms with van der Waals surface area (Å²) in [7, 11) is 1.62. The Kier molecular flexibility index (Phi) is 9.36. The lowest BCUT2D eigenvalue weighted by molar-refractivity contribution is -0.141. The maximum absolute atomic E-state index is 10.9. The molecule has 0 amide bonds. The van der Waals surface area contributed by atoms with E-state index < -0.39 is 5.97 Å². The molecule has 3 atom stereocenters. The van der Waals surface area contributed by atoms with E-state index in [1.165, 1.54) is 19.3 Å². The molecule has 3 unspecified atom stereocenters. The quantitative estimate of drug-likeness (QED) is 0.595. The van der Waals surface area contributed by atoms with Crippen LogP contribution in [0, 0.1) is 17.8 Å². The normalized spacial score (nSPS) is 16.8. The van der Waals surface area contributed by atoms with Crippen molar-refractivity contribution in [2.24, 2.45) is 17.8 Å². The van der Waals surface area contributed by atoms with E-state index in [0.29, 0.717) is 12.3 Å². The maximum Gasteiger partial charge on any atom is 0.306 e. The third kappa shape index (κ3) is 8.68. The van der Waals surface area contributed by atoms with Gasteiger partial charge in [-0.2, -0.15) is 0 Å². The minimum Gasteiger partial charge on any atom is -0.504 e. The summed E-state index contributed by atoms with van der Waals surface area (Å²) in [5.74, 6) is 0.223. The highest BCUT2D eigenvalue weighted by Crippen LogP contribution is 2.25. The van der Waals surface area contributed by atoms with Crippen LogP contribution in [0.3, 0.4) is 0 Å². The first kappa shape index (κ1) is 18.0. The third-order valence-electron chi connectivity index (χ3n) is 3.47. The van der Waals surface area contributed by atoms with Gasteiger partial charge >= 0.3 is 5.97 Å². The van der Waals surface area contributed by atoms with Gasteiger partial charge in [0, 0.05) is 0 Å². The Bertz CT molecular complexity index is 284. The van der Waals surface area contributed by atoms with E-state index in [2.05, 4.69) is 20.8 Å². The molecule has 0 heterocycles. The molecule has 19 heavy (non-hydrogen) atoms. The largest absolute Gasteiger partial charge is 0.504 e. The van der Waals surface area contributed by atoms with Gasteiger partial charge in [-0.3, -0.25) is 4.79 Å². The number of carbonyl (C=O) groups is 1. The van der Waals surface area contributed by atoms with E-state index in [9.17, 15) is 4.79 Å². The fourth-order valence-corrected chi connectivity index (χ4v) is 2.66. The zero-order valence-electron chi connectivity index (χ0n) is 13.1. The van der Waals surface area contributed by atoms with E-state index in [1.54, 1.807) is 20.3 Å². The van der Waals surface area contributed by atoms with Crippen LogP contribution >= 0.6 is 0 Å². The standard InChI is InChI=1S/C16H30O3/c1-6-7-12(2)8-13(3)9-15(11-19-5)10-14(4)16(17)18/h11-14H,6-10H2,1-5H3,(H,17,18)/b15-11-. The van der Waals surface area contributed by atoms with Gasteiger partial charge in [-0.25, -0.2) is 0 Å². The number of aliphatic carboxylic acids is 1. The van der Waals surface area contributed by atoms with Crippen LogP contribution in [-0.4, -0.2) is 18.2 Å². The molecule has 0 spiro atoms. The lowest BCUT2D eigenvalue weighted by atomic mass is 9.87. The van der Waals surface area contributed by atoms with Crippen molar-refractivity contribution in [3.63, 3.8) is 0 Å². The molecular formula is C16H30O3. The minimum atomic E-state index is -0.742. The second-order valence-corrected chi connectivity index (χ2v) is 5.89. The number of ether oxygens (including phenoxy) is 1. The van der Waals surface area contributed by atoms with Crippen LogP contribution in [0.4, 0.5) is 0 Å². The van der Waals surface area contributed by atoms with Crippen molar-refractivity contribution in [2.45, 2.75) is 59.8 Å². The topological polar surface area (TPSA) is 46.5 Å². The summed E-state index contributed by atoms with van der Waals surface area (Å²) >= 11 is 0. The number of hydrogen-bond donors (Lipinski definition) is 1. The van der Waals surface area contributed by atoms with E-state index in [4.69, 9.17) is 9.84 Å². The molecule has 0 radical (unpaired) electrons. The van der Waals surface area contributed by atoms with Crippen LogP contribution in [0.25, 0.3) is 0 Å². The van der Waals surface area contributed by atoms with Crippen LogP contribution in [0.2, 0.25) is 0 Å². The summed E-state index contributed by atoms with van der Waals surface area (Å²) in [6, 6.07) is 0. The lowest BCUT2D eigenvalue weighted by Crippen LogP contribution is -2.12. The fourth-order valence-electron chi connectivity index (χ4n) is 2.66. The van der Waals surface area contributed by atoms with Gasteiger partial charge in [-0.1, -0.05) is 40.5 Å². The maximum atomic E-state index is 10.9. The molecule has 0 fully saturated rings. The second kappa shape index (κ2) is 9.88. The highest BCUT2D eigenvalue weighted by Gasteiger charge is 2.16. The van der Waals surface area contributed by atoms with Gasteiger partial charge in [-0.05, 0) is 36.7 Å². The fraction of sp³-hybridized carbons (Fsp3) is 0.812. The Morgan fingerprint density at radius 3 is 2.32 bits per heavy atom. The summed E-state index contributed by atoms with van der Waals surface area (Å²) in [6.45, 7) is 8.49. The first-order chi connectivity index (χ1) is 8.90. The number of methoxy groups -OCH3 is 1. The highest BCUT2D eigenvalue weighted by atomic mass is 16.5. The zero-order chi connectivity index (χ0) is 14.8. The Morgan fingerprint density at radius 2 is 1.84 bits per heavy atom. The smallest absolute Gasteiger partial charge is 0.306 e. The molecule has 0 saturated heterocycles. The van der Waals surface area contributed by atoms with Gasteiger partial charge in [-0.15, -0.1) is 0 Å². The predicted octanol–water partition coefficient (Wildman–Crippen LogP) is 4.48. The van der Waals surface area contributed by atoms with Gasteiger partial charge in [0.1, 0.15) is 0 Å². The molecule has 0 aromatic rings. The molecule has 0 aromatic carbocycles. The first-order valence-corrected chi connectivity index (χ1v) is 7.34. The Morgan fingerprint density at radius 1 is 1.21 bits per heavy atom. The summed E-state index contributed by atoms with van der Waals surface area (Å²) in [6.07, 6.45) is 6.91. The summed E-state index contributed by atoms with van der Waals surface area (Å²) in [5.41, 5.74) is 1.11. The predicted molar refractivity (Wildman–Crippen MR) is 79.0 cm³/mol. The SMILES string of the molecule is CCCC(C)CC(C)C/C(=C/OC)CC(C)C(=O)O. The van der Waals surface area contributed by atoms with Gasteiger partial charge in [0.15, 0.2) is 0 Å². The summed E-state index contributed by atoms with van der Waals surface area (Å²) in [5, 5.41) is 8.98. The summed E-state index contributed by atoms with van der Waals surface area (Å²) < 4.78 is 5.08. The van der Waals surface area contributed by atoms with Crippen molar-refractivity contribution in [1.29, 1.82) is 0 Å². The first-order valence-electron chi connectivity index (χ1n) is 7.34. The minimum absolute atomic E-state index is 0.346. The molecule has 0 rings (SSSR count). The third-order valence-corrected chi connectivity index (χ3v) is 3.47. The van der Waals surface area contributed by atoms with E-state index in [-0.39, 0.29) is 5.92 Å². The Balaban J connectivity index is 4.34. The molecule has 0 aliphatic carbocycles. The van der Waals surface area contributed by atoms with Crippen LogP contribution < -0.4 is 0 Å². The van der Waals surface area contributed by atoms with Crippen LogP contribution in [0.5, 0.6) is 0 Å². The van der Waals surface area contributed by atoms with Crippen molar-refractivity contribution >= 4 is 5.97 Å². The van der Waals surface area contributed by atoms with Gasteiger partial charge in [0.05, 0.1) is 19.3 Å². The zero-order valence-corrected chi connectivity index (χ0v) is 13.1. The Labute approximate surface area is 118 Å². The van der Waals surface area contributed by atoms with Crippen LogP contribution in [-0.2, 0) is 9.53 Å². The molecule has 0 saturated carbocycles. The molecule has 3 nitrogen and oxygen atoms in total. The van der Waals surface area contributed by atoms with Crippen molar-refractivity contribution in [1.82, 2.24) is 0 Å². The van der Waals surface area contributed by atoms with Gasteiger partial charge < -0.3 is 9.84 Å². The van der Waals surface area contributed by atoms with E-state index in [1.807, 2.05) is 0 Å². The average molecular weight is 270 g/mol. The number of carboxylic acid groups (broad SMARTS) is 1. The second-order valence-electron chi connectivity index (χ2n) is 5.89. The van der Waals surface area contributed by atoms with E-state index >= 15 is 0 Å². The van der Waals surface area contributed by atoms with Crippen LogP contribution in [0.1, 0.15) is 59.8 Å². The molecule has 3 heteroatoms. The Hall–Kier alpha value is -0.990. The molecule has 0 aromatic heterocycles. The van der Waals surface area contributed by atoms with Crippen molar-refractivity contribution in [3.05, 3.63) is 11.8 Å². The molecule has 112 valence electrons. The monoisotopic (exact) mass is 270 g/mol. The van der Waals surface area contributed by atoms with E-state index in [0.717, 1.165) is 17.9 Å². The molecule has 1 N–H and O–H groups in total. The van der Waals surface area contributed by atoms with Gasteiger partial charge in [0.25, 0.3) is 0 Å². The molecule has 0 bridgehead atoms. The number of hydrogen-bond acceptors (Lipinski definition) is 2. The lowest BCUT2D eigenvalue weighted by Gasteiger charge is -2.19. The number of rotatable bonds is 10. The van der Waals surface area contributed by atoms with Crippen molar-refractivity contribution in [3.8, 4) is 0 Å². The number of allylic oxidation sites excluding steroid dienone is 1. The van der Waals surface area contributed by atoms with Crippen molar-refractivity contribution < 1.29 is 14.6 Å². The number of carboxylic acids is 1. The average Bonchev–Trinajstić information content (AvgIpc) is 2.28.